The van der Waals surface area contributed by atoms with Crippen LogP contribution in [0, 0.1) is 13.8 Å². The van der Waals surface area contributed by atoms with Crippen molar-refractivity contribution < 1.29 is 4.74 Å². The Morgan fingerprint density at radius 2 is 1.96 bits per heavy atom. The first-order valence-electron chi connectivity index (χ1n) is 9.05. The second kappa shape index (κ2) is 7.40. The molecule has 1 atom stereocenters. The summed E-state index contributed by atoms with van der Waals surface area (Å²) in [7, 11) is 0. The van der Waals surface area contributed by atoms with Crippen LogP contribution in [0.2, 0.25) is 0 Å². The molecule has 1 aromatic heterocycles. The molecule has 0 amide bonds. The predicted molar refractivity (Wildman–Crippen MR) is 101 cm³/mol. The maximum Gasteiger partial charge on any atom is 0.157 e. The second-order valence-corrected chi connectivity index (χ2v) is 6.95. The van der Waals surface area contributed by atoms with Crippen LogP contribution in [0.5, 0.6) is 0 Å². The van der Waals surface area contributed by atoms with Gasteiger partial charge in [-0.25, -0.2) is 4.68 Å². The molecule has 2 aromatic carbocycles. The Kier molecular flexibility index (Phi) is 4.82. The van der Waals surface area contributed by atoms with E-state index in [1.165, 1.54) is 22.3 Å². The van der Waals surface area contributed by atoms with Crippen molar-refractivity contribution in [3.05, 3.63) is 82.7 Å². The molecule has 0 aliphatic carbocycles. The maximum absolute atomic E-state index is 5.95. The van der Waals surface area contributed by atoms with Gasteiger partial charge in [0, 0.05) is 13.1 Å². The van der Waals surface area contributed by atoms with Crippen molar-refractivity contribution >= 4 is 0 Å². The van der Waals surface area contributed by atoms with E-state index in [2.05, 4.69) is 77.6 Å². The molecule has 0 saturated carbocycles. The first-order valence-corrected chi connectivity index (χ1v) is 9.05. The fraction of sp³-hybridized carbons (Fsp3) is 0.333. The Labute approximate surface area is 154 Å². The molecule has 5 nitrogen and oxygen atoms in total. The summed E-state index contributed by atoms with van der Waals surface area (Å²) in [5.41, 5.74) is 5.98. The normalized spacial score (nSPS) is 17.7. The molecule has 0 radical (unpaired) electrons. The lowest BCUT2D eigenvalue weighted by Gasteiger charge is -2.21. The summed E-state index contributed by atoms with van der Waals surface area (Å²) >= 11 is 0. The van der Waals surface area contributed by atoms with Crippen molar-refractivity contribution in [1.29, 1.82) is 0 Å². The first-order chi connectivity index (χ1) is 12.7. The van der Waals surface area contributed by atoms with Crippen molar-refractivity contribution in [1.82, 2.24) is 19.9 Å². The Hall–Kier alpha value is -2.50. The second-order valence-electron chi connectivity index (χ2n) is 6.95. The van der Waals surface area contributed by atoms with Crippen LogP contribution < -0.4 is 0 Å². The van der Waals surface area contributed by atoms with E-state index >= 15 is 0 Å². The number of rotatable bonds is 5. The van der Waals surface area contributed by atoms with Gasteiger partial charge in [-0.1, -0.05) is 59.3 Å². The summed E-state index contributed by atoms with van der Waals surface area (Å²) in [6.07, 6.45) is 1.88. The summed E-state index contributed by atoms with van der Waals surface area (Å²) in [5.74, 6) is 0. The number of benzene rings is 2. The van der Waals surface area contributed by atoms with Crippen LogP contribution in [-0.4, -0.2) is 33.0 Å². The summed E-state index contributed by atoms with van der Waals surface area (Å²) in [6.45, 7) is 7.46. The minimum Gasteiger partial charge on any atom is -0.356 e. The Morgan fingerprint density at radius 3 is 2.81 bits per heavy atom. The highest BCUT2D eigenvalue weighted by atomic mass is 16.5. The molecule has 1 aliphatic rings. The lowest BCUT2D eigenvalue weighted by Crippen LogP contribution is -2.23. The predicted octanol–water partition coefficient (Wildman–Crippen LogP) is 3.47. The molecule has 1 aliphatic heterocycles. The molecule has 1 unspecified atom stereocenters. The van der Waals surface area contributed by atoms with Gasteiger partial charge < -0.3 is 4.74 Å². The van der Waals surface area contributed by atoms with Crippen LogP contribution in [0.4, 0.5) is 0 Å². The zero-order valence-corrected chi connectivity index (χ0v) is 15.3. The first kappa shape index (κ1) is 16.9. The third kappa shape index (κ3) is 3.69. The molecule has 0 bridgehead atoms. The molecule has 26 heavy (non-hydrogen) atoms. The van der Waals surface area contributed by atoms with E-state index in [-0.39, 0.29) is 6.23 Å². The summed E-state index contributed by atoms with van der Waals surface area (Å²) in [6, 6.07) is 17.0. The van der Waals surface area contributed by atoms with Gasteiger partial charge >= 0.3 is 0 Å². The third-order valence-electron chi connectivity index (χ3n) is 4.86. The van der Waals surface area contributed by atoms with E-state index in [0.29, 0.717) is 0 Å². The fourth-order valence-corrected chi connectivity index (χ4v) is 3.45. The maximum atomic E-state index is 5.95. The van der Waals surface area contributed by atoms with Crippen molar-refractivity contribution in [2.45, 2.75) is 33.2 Å². The van der Waals surface area contributed by atoms with E-state index in [9.17, 15) is 0 Å². The van der Waals surface area contributed by atoms with Gasteiger partial charge in [0.15, 0.2) is 6.23 Å². The van der Waals surface area contributed by atoms with E-state index < -0.39 is 0 Å². The molecule has 2 heterocycles. The van der Waals surface area contributed by atoms with Crippen LogP contribution in [0.3, 0.4) is 0 Å². The van der Waals surface area contributed by atoms with Crippen LogP contribution in [0.1, 0.15) is 34.2 Å². The molecular weight excluding hydrogens is 324 g/mol. The largest absolute Gasteiger partial charge is 0.356 e. The van der Waals surface area contributed by atoms with Gasteiger partial charge in [-0.2, -0.15) is 0 Å². The van der Waals surface area contributed by atoms with E-state index in [0.717, 1.165) is 31.9 Å². The van der Waals surface area contributed by atoms with Crippen molar-refractivity contribution in [3.63, 3.8) is 0 Å². The van der Waals surface area contributed by atoms with E-state index in [4.69, 9.17) is 4.74 Å². The molecule has 134 valence electrons. The van der Waals surface area contributed by atoms with Gasteiger partial charge in [-0.05, 0) is 30.5 Å². The zero-order chi connectivity index (χ0) is 17.9. The number of aryl methyl sites for hydroxylation is 2. The third-order valence-corrected chi connectivity index (χ3v) is 4.86. The number of hydrogen-bond donors (Lipinski definition) is 0. The highest BCUT2D eigenvalue weighted by Crippen LogP contribution is 2.27. The van der Waals surface area contributed by atoms with Gasteiger partial charge in [0.05, 0.1) is 19.3 Å². The van der Waals surface area contributed by atoms with Gasteiger partial charge in [-0.3, -0.25) is 4.90 Å². The highest BCUT2D eigenvalue weighted by Gasteiger charge is 2.29. The molecule has 1 saturated heterocycles. The fourth-order valence-electron chi connectivity index (χ4n) is 3.45. The van der Waals surface area contributed by atoms with Crippen LogP contribution in [-0.2, 0) is 17.8 Å². The lowest BCUT2D eigenvalue weighted by atomic mass is 10.1. The average Bonchev–Trinajstić information content (AvgIpc) is 3.26. The van der Waals surface area contributed by atoms with Crippen molar-refractivity contribution in [3.8, 4) is 0 Å². The summed E-state index contributed by atoms with van der Waals surface area (Å²) in [4.78, 5) is 2.32. The number of nitrogens with zero attached hydrogens (tertiary/aromatic N) is 4. The zero-order valence-electron chi connectivity index (χ0n) is 15.3. The smallest absolute Gasteiger partial charge is 0.157 e. The Bertz CT molecular complexity index is 889. The number of hydrogen-bond acceptors (Lipinski definition) is 4. The summed E-state index contributed by atoms with van der Waals surface area (Å²) in [5, 5.41) is 8.69. The Balaban J connectivity index is 1.48. The van der Waals surface area contributed by atoms with Crippen molar-refractivity contribution in [2.75, 3.05) is 13.2 Å². The van der Waals surface area contributed by atoms with Gasteiger partial charge in [0.1, 0.15) is 5.69 Å². The molecule has 1 fully saturated rings. The standard InChI is InChI=1S/C21H24N4O/c1-16-6-5-8-18(12-16)13-24-10-11-26-21(24)20-15-25(23-22-20)14-19-9-4-3-7-17(19)2/h3-9,12,15,21H,10-11,13-14H2,1-2H3. The van der Waals surface area contributed by atoms with Gasteiger partial charge in [0.25, 0.3) is 0 Å². The van der Waals surface area contributed by atoms with Gasteiger partial charge in [0.2, 0.25) is 0 Å². The molecule has 5 heteroatoms. The van der Waals surface area contributed by atoms with Gasteiger partial charge in [-0.15, -0.1) is 5.10 Å². The minimum atomic E-state index is -0.124. The van der Waals surface area contributed by atoms with E-state index in [1.807, 2.05) is 10.9 Å². The quantitative estimate of drug-likeness (QED) is 0.708. The SMILES string of the molecule is Cc1cccc(CN2CCOC2c2cn(Cc3ccccc3C)nn2)c1. The topological polar surface area (TPSA) is 43.2 Å². The molecule has 0 N–H and O–H groups in total. The molecule has 3 aromatic rings. The highest BCUT2D eigenvalue weighted by molar-refractivity contribution is 5.26. The molecular formula is C21H24N4O. The van der Waals surface area contributed by atoms with Crippen LogP contribution in [0.15, 0.2) is 54.7 Å². The Morgan fingerprint density at radius 1 is 1.08 bits per heavy atom. The summed E-state index contributed by atoms with van der Waals surface area (Å²) < 4.78 is 7.84. The van der Waals surface area contributed by atoms with E-state index in [1.54, 1.807) is 0 Å². The monoisotopic (exact) mass is 348 g/mol. The minimum absolute atomic E-state index is 0.124. The molecule has 4 rings (SSSR count). The lowest BCUT2D eigenvalue weighted by molar-refractivity contribution is 0.0252. The number of aromatic nitrogens is 3. The average molecular weight is 348 g/mol. The van der Waals surface area contributed by atoms with Crippen molar-refractivity contribution in [2.24, 2.45) is 0 Å². The van der Waals surface area contributed by atoms with Crippen LogP contribution in [0.25, 0.3) is 0 Å². The number of ether oxygens (including phenoxy) is 1. The molecule has 0 spiro atoms. The van der Waals surface area contributed by atoms with Crippen LogP contribution >= 0.6 is 0 Å².